The van der Waals surface area contributed by atoms with Gasteiger partial charge in [-0.2, -0.15) is 5.26 Å². The Morgan fingerprint density at radius 2 is 1.96 bits per heavy atom. The molecular weight excluding hydrogens is 318 g/mol. The smallest absolute Gasteiger partial charge is 0.330 e. The van der Waals surface area contributed by atoms with Crippen LogP contribution in [0.2, 0.25) is 0 Å². The van der Waals surface area contributed by atoms with Gasteiger partial charge >= 0.3 is 5.97 Å². The van der Waals surface area contributed by atoms with Gasteiger partial charge in [-0.05, 0) is 55.8 Å². The topological polar surface area (TPSA) is 94.4 Å². The number of hydrogen-bond acceptors (Lipinski definition) is 5. The number of carbonyl (C=O) groups is 1. The van der Waals surface area contributed by atoms with Gasteiger partial charge in [0.1, 0.15) is 5.75 Å². The molecule has 0 spiro atoms. The number of nitriles is 1. The van der Waals surface area contributed by atoms with Crippen molar-refractivity contribution in [1.29, 1.82) is 5.26 Å². The van der Waals surface area contributed by atoms with Gasteiger partial charge in [0.15, 0.2) is 6.04 Å². The van der Waals surface area contributed by atoms with Crippen molar-refractivity contribution >= 4 is 17.3 Å². The molecule has 0 aromatic heterocycles. The quantitative estimate of drug-likeness (QED) is 0.680. The van der Waals surface area contributed by atoms with Crippen LogP contribution in [0.3, 0.4) is 0 Å². The maximum Gasteiger partial charge on any atom is 0.330 e. The second-order valence-electron chi connectivity index (χ2n) is 5.32. The number of carboxylic acids is 1. The third kappa shape index (κ3) is 4.64. The summed E-state index contributed by atoms with van der Waals surface area (Å²) >= 11 is 0. The highest BCUT2D eigenvalue weighted by atomic mass is 16.5. The molecule has 2 aromatic carbocycles. The molecule has 0 aliphatic rings. The van der Waals surface area contributed by atoms with Crippen molar-refractivity contribution in [2.24, 2.45) is 0 Å². The Kier molecular flexibility index (Phi) is 6.24. The third-order valence-electron chi connectivity index (χ3n) is 3.58. The Labute approximate surface area is 147 Å². The lowest BCUT2D eigenvalue weighted by molar-refractivity contribution is -0.138. The molecule has 6 heteroatoms. The first kappa shape index (κ1) is 18.1. The summed E-state index contributed by atoms with van der Waals surface area (Å²) in [5, 5.41) is 24.6. The van der Waals surface area contributed by atoms with Crippen molar-refractivity contribution in [2.75, 3.05) is 23.8 Å². The number of nitrogens with zero attached hydrogens (tertiary/aromatic N) is 1. The van der Waals surface area contributed by atoms with E-state index in [9.17, 15) is 9.90 Å². The summed E-state index contributed by atoms with van der Waals surface area (Å²) in [6, 6.07) is 13.1. The minimum Gasteiger partial charge on any atom is -0.492 e. The molecule has 2 aromatic rings. The van der Waals surface area contributed by atoms with Gasteiger partial charge in [-0.1, -0.05) is 6.07 Å². The van der Waals surface area contributed by atoms with Gasteiger partial charge in [-0.25, -0.2) is 4.79 Å². The molecule has 0 bridgehead atoms. The Morgan fingerprint density at radius 3 is 2.52 bits per heavy atom. The summed E-state index contributed by atoms with van der Waals surface area (Å²) in [5.74, 6) is -0.377. The number of benzene rings is 2. The molecular formula is C19H21N3O3. The highest BCUT2D eigenvalue weighted by molar-refractivity contribution is 5.80. The van der Waals surface area contributed by atoms with Gasteiger partial charge in [-0.3, -0.25) is 0 Å². The van der Waals surface area contributed by atoms with Crippen LogP contribution in [0.25, 0.3) is 0 Å². The van der Waals surface area contributed by atoms with Crippen molar-refractivity contribution in [3.05, 3.63) is 53.6 Å². The zero-order chi connectivity index (χ0) is 18.2. The largest absolute Gasteiger partial charge is 0.492 e. The Balaban J connectivity index is 2.31. The molecule has 0 aliphatic carbocycles. The number of anilines is 2. The number of ether oxygens (including phenoxy) is 1. The summed E-state index contributed by atoms with van der Waals surface area (Å²) < 4.78 is 5.62. The van der Waals surface area contributed by atoms with E-state index in [0.717, 1.165) is 12.2 Å². The van der Waals surface area contributed by atoms with Crippen LogP contribution in [-0.2, 0) is 4.79 Å². The SMILES string of the molecule is CCNc1ccc(C(Nc2ccc(C#N)cc2)C(=O)O)cc1OCC. The fourth-order valence-electron chi connectivity index (χ4n) is 2.43. The molecule has 2 rings (SSSR count). The highest BCUT2D eigenvalue weighted by Crippen LogP contribution is 2.30. The standard InChI is InChI=1S/C19H21N3O3/c1-3-21-16-10-7-14(11-17(16)25-4-2)18(19(23)24)22-15-8-5-13(12-20)6-9-15/h5-11,18,21-22H,3-4H2,1-2H3,(H,23,24). The Hall–Kier alpha value is -3.20. The third-order valence-corrected chi connectivity index (χ3v) is 3.58. The number of aliphatic carboxylic acids is 1. The predicted octanol–water partition coefficient (Wildman–Crippen LogP) is 3.63. The average Bonchev–Trinajstić information content (AvgIpc) is 2.62. The van der Waals surface area contributed by atoms with Crippen molar-refractivity contribution in [2.45, 2.75) is 19.9 Å². The van der Waals surface area contributed by atoms with Crippen LogP contribution in [0, 0.1) is 11.3 Å². The summed E-state index contributed by atoms with van der Waals surface area (Å²) in [6.45, 7) is 5.09. The average molecular weight is 339 g/mol. The fourth-order valence-corrected chi connectivity index (χ4v) is 2.43. The van der Waals surface area contributed by atoms with Crippen LogP contribution >= 0.6 is 0 Å². The second kappa shape index (κ2) is 8.60. The molecule has 0 saturated carbocycles. The molecule has 3 N–H and O–H groups in total. The molecule has 6 nitrogen and oxygen atoms in total. The van der Waals surface area contributed by atoms with Crippen LogP contribution in [0.4, 0.5) is 11.4 Å². The van der Waals surface area contributed by atoms with Crippen LogP contribution < -0.4 is 15.4 Å². The lowest BCUT2D eigenvalue weighted by Crippen LogP contribution is -2.20. The summed E-state index contributed by atoms with van der Waals surface area (Å²) in [6.07, 6.45) is 0. The van der Waals surface area contributed by atoms with E-state index >= 15 is 0 Å². The highest BCUT2D eigenvalue weighted by Gasteiger charge is 2.21. The molecule has 0 radical (unpaired) electrons. The van der Waals surface area contributed by atoms with Crippen LogP contribution in [0.15, 0.2) is 42.5 Å². The zero-order valence-electron chi connectivity index (χ0n) is 14.2. The normalized spacial score (nSPS) is 11.2. The molecule has 1 atom stereocenters. The van der Waals surface area contributed by atoms with Gasteiger partial charge in [0.25, 0.3) is 0 Å². The van der Waals surface area contributed by atoms with Gasteiger partial charge in [0.2, 0.25) is 0 Å². The summed E-state index contributed by atoms with van der Waals surface area (Å²) in [7, 11) is 0. The van der Waals surface area contributed by atoms with Crippen LogP contribution in [0.5, 0.6) is 5.75 Å². The second-order valence-corrected chi connectivity index (χ2v) is 5.32. The lowest BCUT2D eigenvalue weighted by atomic mass is 10.0. The van der Waals surface area contributed by atoms with Gasteiger partial charge in [0.05, 0.1) is 23.9 Å². The molecule has 25 heavy (non-hydrogen) atoms. The van der Waals surface area contributed by atoms with Crippen LogP contribution in [0.1, 0.15) is 31.0 Å². The van der Waals surface area contributed by atoms with Crippen molar-refractivity contribution in [3.63, 3.8) is 0 Å². The monoisotopic (exact) mass is 339 g/mol. The van der Waals surface area contributed by atoms with E-state index in [1.807, 2.05) is 26.0 Å². The molecule has 0 saturated heterocycles. The van der Waals surface area contributed by atoms with E-state index < -0.39 is 12.0 Å². The number of nitrogens with one attached hydrogen (secondary N) is 2. The van der Waals surface area contributed by atoms with Gasteiger partial charge in [0, 0.05) is 12.2 Å². The minimum absolute atomic E-state index is 0.489. The van der Waals surface area contributed by atoms with E-state index in [0.29, 0.717) is 29.2 Å². The van der Waals surface area contributed by atoms with Crippen molar-refractivity contribution < 1.29 is 14.6 Å². The van der Waals surface area contributed by atoms with E-state index in [2.05, 4.69) is 10.6 Å². The number of carboxylic acid groups (broad SMARTS) is 1. The number of rotatable bonds is 8. The molecule has 0 amide bonds. The minimum atomic E-state index is -0.997. The molecule has 1 unspecified atom stereocenters. The first-order chi connectivity index (χ1) is 12.1. The van der Waals surface area contributed by atoms with Gasteiger partial charge < -0.3 is 20.5 Å². The lowest BCUT2D eigenvalue weighted by Gasteiger charge is -2.19. The van der Waals surface area contributed by atoms with Crippen LogP contribution in [-0.4, -0.2) is 24.2 Å². The predicted molar refractivity (Wildman–Crippen MR) is 96.9 cm³/mol. The maximum absolute atomic E-state index is 11.7. The first-order valence-electron chi connectivity index (χ1n) is 8.09. The zero-order valence-corrected chi connectivity index (χ0v) is 14.2. The first-order valence-corrected chi connectivity index (χ1v) is 8.09. The van der Waals surface area contributed by atoms with E-state index in [1.165, 1.54) is 0 Å². The van der Waals surface area contributed by atoms with E-state index in [1.54, 1.807) is 36.4 Å². The maximum atomic E-state index is 11.7. The van der Waals surface area contributed by atoms with Crippen molar-refractivity contribution in [1.82, 2.24) is 0 Å². The summed E-state index contributed by atoms with van der Waals surface area (Å²) in [4.78, 5) is 11.7. The van der Waals surface area contributed by atoms with Crippen molar-refractivity contribution in [3.8, 4) is 11.8 Å². The fraction of sp³-hybridized carbons (Fsp3) is 0.263. The number of hydrogen-bond donors (Lipinski definition) is 3. The Morgan fingerprint density at radius 1 is 1.24 bits per heavy atom. The van der Waals surface area contributed by atoms with E-state index in [4.69, 9.17) is 10.00 Å². The molecule has 0 fully saturated rings. The summed E-state index contributed by atoms with van der Waals surface area (Å²) in [5.41, 5.74) is 2.56. The van der Waals surface area contributed by atoms with Gasteiger partial charge in [-0.15, -0.1) is 0 Å². The Bertz CT molecular complexity index is 766. The molecule has 0 heterocycles. The molecule has 130 valence electrons. The molecule has 0 aliphatic heterocycles. The van der Waals surface area contributed by atoms with E-state index in [-0.39, 0.29) is 0 Å².